The Morgan fingerprint density at radius 1 is 0.690 bits per heavy atom. The van der Waals surface area contributed by atoms with E-state index in [2.05, 4.69) is 50.0 Å². The van der Waals surface area contributed by atoms with Crippen LogP contribution in [0.1, 0.15) is 134 Å². The second-order valence-electron chi connectivity index (χ2n) is 8.85. The van der Waals surface area contributed by atoms with Gasteiger partial charge in [0.2, 0.25) is 0 Å². The molecule has 0 heterocycles. The molecule has 0 aromatic heterocycles. The first-order valence-electron chi connectivity index (χ1n) is 12.7. The number of nitrogens with one attached hydrogen (secondary N) is 1. The minimum absolute atomic E-state index is 0.435. The molecule has 1 nitrogen and oxygen atoms in total. The monoisotopic (exact) mass is 399 g/mol. The van der Waals surface area contributed by atoms with Crippen LogP contribution in [0, 0.1) is 0 Å². The quantitative estimate of drug-likeness (QED) is 0.215. The van der Waals surface area contributed by atoms with Crippen molar-refractivity contribution in [3.05, 3.63) is 42.0 Å². The third-order valence-electron chi connectivity index (χ3n) is 6.15. The predicted octanol–water partition coefficient (Wildman–Crippen LogP) is 9.24. The molecule has 0 saturated carbocycles. The minimum atomic E-state index is 0.435. The van der Waals surface area contributed by atoms with Crippen LogP contribution in [-0.4, -0.2) is 6.54 Å². The highest BCUT2D eigenvalue weighted by atomic mass is 14.9. The van der Waals surface area contributed by atoms with Gasteiger partial charge >= 0.3 is 0 Å². The Hall–Kier alpha value is -1.08. The molecular weight excluding hydrogens is 350 g/mol. The van der Waals surface area contributed by atoms with E-state index in [4.69, 9.17) is 0 Å². The van der Waals surface area contributed by atoms with Gasteiger partial charge in [-0.3, -0.25) is 0 Å². The van der Waals surface area contributed by atoms with Crippen LogP contribution in [0.2, 0.25) is 0 Å². The van der Waals surface area contributed by atoms with Crippen molar-refractivity contribution >= 4 is 6.08 Å². The summed E-state index contributed by atoms with van der Waals surface area (Å²) in [6.07, 6.45) is 24.8. The van der Waals surface area contributed by atoms with Crippen LogP contribution in [-0.2, 0) is 0 Å². The number of rotatable bonds is 20. The zero-order valence-electron chi connectivity index (χ0n) is 19.7. The maximum absolute atomic E-state index is 3.82. The molecule has 1 heteroatoms. The Kier molecular flexibility index (Phi) is 16.9. The molecule has 0 spiro atoms. The summed E-state index contributed by atoms with van der Waals surface area (Å²) in [6.45, 7) is 9.50. The zero-order valence-corrected chi connectivity index (χ0v) is 19.7. The van der Waals surface area contributed by atoms with E-state index in [1.54, 1.807) is 0 Å². The number of hydrogen-bond acceptors (Lipinski definition) is 1. The average molecular weight is 400 g/mol. The zero-order chi connectivity index (χ0) is 21.0. The van der Waals surface area contributed by atoms with Crippen LogP contribution < -0.4 is 5.32 Å². The molecule has 0 aliphatic heterocycles. The Labute approximate surface area is 182 Å². The largest absolute Gasteiger partial charge is 0.310 e. The molecule has 0 radical (unpaired) electrons. The molecule has 1 N–H and O–H groups in total. The third-order valence-corrected chi connectivity index (χ3v) is 6.15. The van der Waals surface area contributed by atoms with Gasteiger partial charge in [0.25, 0.3) is 0 Å². The summed E-state index contributed by atoms with van der Waals surface area (Å²) in [6, 6.07) is 9.15. The summed E-state index contributed by atoms with van der Waals surface area (Å²) in [7, 11) is 0. The Morgan fingerprint density at radius 2 is 1.10 bits per heavy atom. The van der Waals surface area contributed by atoms with Crippen LogP contribution in [0.4, 0.5) is 0 Å². The smallest absolute Gasteiger partial charge is 0.0291 e. The van der Waals surface area contributed by atoms with E-state index in [1.807, 2.05) is 6.08 Å². The highest BCUT2D eigenvalue weighted by molar-refractivity contribution is 5.47. The van der Waals surface area contributed by atoms with Crippen molar-refractivity contribution in [1.29, 1.82) is 0 Å². The maximum atomic E-state index is 3.82. The van der Waals surface area contributed by atoms with Crippen molar-refractivity contribution in [3.8, 4) is 0 Å². The molecule has 0 aliphatic rings. The molecule has 0 fully saturated rings. The van der Waals surface area contributed by atoms with Gasteiger partial charge in [-0.25, -0.2) is 0 Å². The van der Waals surface area contributed by atoms with Gasteiger partial charge in [0.15, 0.2) is 0 Å². The normalized spacial score (nSPS) is 12.2. The summed E-state index contributed by atoms with van der Waals surface area (Å²) in [5, 5.41) is 3.66. The van der Waals surface area contributed by atoms with E-state index in [1.165, 1.54) is 114 Å². The average Bonchev–Trinajstić information content (AvgIpc) is 2.75. The minimum Gasteiger partial charge on any atom is -0.310 e. The van der Waals surface area contributed by atoms with Gasteiger partial charge < -0.3 is 5.32 Å². The van der Waals surface area contributed by atoms with Crippen LogP contribution >= 0.6 is 0 Å². The van der Waals surface area contributed by atoms with Gasteiger partial charge in [-0.1, -0.05) is 140 Å². The molecule has 0 amide bonds. The van der Waals surface area contributed by atoms with E-state index < -0.39 is 0 Å². The number of benzene rings is 1. The summed E-state index contributed by atoms with van der Waals surface area (Å²) >= 11 is 0. The van der Waals surface area contributed by atoms with Crippen molar-refractivity contribution in [1.82, 2.24) is 5.32 Å². The molecular formula is C28H49N. The van der Waals surface area contributed by atoms with Crippen LogP contribution in [0.25, 0.3) is 6.08 Å². The number of unbranched alkanes of at least 4 members (excludes halogenated alkanes) is 15. The lowest BCUT2D eigenvalue weighted by atomic mass is 10.0. The first-order chi connectivity index (χ1) is 14.3. The van der Waals surface area contributed by atoms with Gasteiger partial charge in [-0.15, -0.1) is 0 Å². The van der Waals surface area contributed by atoms with Crippen LogP contribution in [0.3, 0.4) is 0 Å². The maximum Gasteiger partial charge on any atom is 0.0291 e. The molecule has 1 atom stereocenters. The molecule has 1 aromatic rings. The number of hydrogen-bond donors (Lipinski definition) is 1. The lowest BCUT2D eigenvalue weighted by molar-refractivity contribution is 0.512. The third kappa shape index (κ3) is 14.5. The molecule has 0 bridgehead atoms. The first-order valence-corrected chi connectivity index (χ1v) is 12.7. The van der Waals surface area contributed by atoms with E-state index >= 15 is 0 Å². The Bertz CT molecular complexity index is 476. The molecule has 1 aromatic carbocycles. The van der Waals surface area contributed by atoms with Crippen LogP contribution in [0.5, 0.6) is 0 Å². The second-order valence-corrected chi connectivity index (χ2v) is 8.85. The Morgan fingerprint density at radius 3 is 1.52 bits per heavy atom. The summed E-state index contributed by atoms with van der Waals surface area (Å²) in [5.41, 5.74) is 2.56. The predicted molar refractivity (Wildman–Crippen MR) is 132 cm³/mol. The van der Waals surface area contributed by atoms with E-state index in [0.29, 0.717) is 6.04 Å². The SMILES string of the molecule is C=Cc1ccc(C(C)NCCCCCCCCCCCCCCCCCC)cc1. The van der Waals surface area contributed by atoms with E-state index in [-0.39, 0.29) is 0 Å². The lowest BCUT2D eigenvalue weighted by Gasteiger charge is -2.14. The summed E-state index contributed by atoms with van der Waals surface area (Å²) < 4.78 is 0. The van der Waals surface area contributed by atoms with Crippen LogP contribution in [0.15, 0.2) is 30.8 Å². The van der Waals surface area contributed by atoms with Crippen molar-refractivity contribution in [2.24, 2.45) is 0 Å². The molecule has 29 heavy (non-hydrogen) atoms. The highest BCUT2D eigenvalue weighted by Crippen LogP contribution is 2.15. The van der Waals surface area contributed by atoms with Gasteiger partial charge in [-0.05, 0) is 31.0 Å². The fourth-order valence-electron chi connectivity index (χ4n) is 4.03. The molecule has 1 rings (SSSR count). The van der Waals surface area contributed by atoms with Gasteiger partial charge in [0, 0.05) is 6.04 Å². The lowest BCUT2D eigenvalue weighted by Crippen LogP contribution is -2.19. The van der Waals surface area contributed by atoms with Gasteiger partial charge in [-0.2, -0.15) is 0 Å². The van der Waals surface area contributed by atoms with E-state index in [0.717, 1.165) is 6.54 Å². The summed E-state index contributed by atoms with van der Waals surface area (Å²) in [4.78, 5) is 0. The molecule has 0 saturated heterocycles. The van der Waals surface area contributed by atoms with Crippen molar-refractivity contribution in [2.45, 2.75) is 123 Å². The second kappa shape index (κ2) is 18.9. The fourth-order valence-corrected chi connectivity index (χ4v) is 4.03. The topological polar surface area (TPSA) is 12.0 Å². The van der Waals surface area contributed by atoms with Gasteiger partial charge in [0.1, 0.15) is 0 Å². The van der Waals surface area contributed by atoms with Crippen molar-refractivity contribution in [3.63, 3.8) is 0 Å². The van der Waals surface area contributed by atoms with Crippen molar-refractivity contribution < 1.29 is 0 Å². The Balaban J connectivity index is 1.81. The molecule has 166 valence electrons. The molecule has 1 unspecified atom stereocenters. The fraction of sp³-hybridized carbons (Fsp3) is 0.714. The van der Waals surface area contributed by atoms with Gasteiger partial charge in [0.05, 0.1) is 0 Å². The summed E-state index contributed by atoms with van der Waals surface area (Å²) in [5.74, 6) is 0. The molecule has 0 aliphatic carbocycles. The van der Waals surface area contributed by atoms with E-state index in [9.17, 15) is 0 Å². The van der Waals surface area contributed by atoms with Crippen molar-refractivity contribution in [2.75, 3.05) is 6.54 Å². The standard InChI is InChI=1S/C28H49N/c1-4-6-7-8-9-10-11-12-13-14-15-16-17-18-19-20-25-29-26(3)28-23-21-27(5-2)22-24-28/h5,21-24,26,29H,2,4,6-20,25H2,1,3H3. The first kappa shape index (κ1) is 26.0. The highest BCUT2D eigenvalue weighted by Gasteiger charge is 2.03.